The van der Waals surface area contributed by atoms with Crippen molar-refractivity contribution in [2.45, 2.75) is 43.4 Å². The third-order valence-corrected chi connectivity index (χ3v) is 6.78. The fourth-order valence-corrected chi connectivity index (χ4v) is 5.05. The molecule has 2 aromatic heterocycles. The Bertz CT molecular complexity index is 680. The Morgan fingerprint density at radius 1 is 1.29 bits per heavy atom. The van der Waals surface area contributed by atoms with Gasteiger partial charge in [0.1, 0.15) is 6.10 Å². The summed E-state index contributed by atoms with van der Waals surface area (Å²) in [5, 5.41) is 16.3. The average molecular weight is 386 g/mol. The minimum absolute atomic E-state index is 0.149. The predicted molar refractivity (Wildman–Crippen MR) is 97.8 cm³/mol. The summed E-state index contributed by atoms with van der Waals surface area (Å²) in [4.78, 5) is 13.9. The molecule has 2 heterocycles. The van der Waals surface area contributed by atoms with E-state index in [-0.39, 0.29) is 6.10 Å². The van der Waals surface area contributed by atoms with E-state index in [9.17, 15) is 9.90 Å². The highest BCUT2D eigenvalue weighted by Crippen LogP contribution is 2.40. The first-order valence-electron chi connectivity index (χ1n) is 7.94. The van der Waals surface area contributed by atoms with Gasteiger partial charge < -0.3 is 15.2 Å². The van der Waals surface area contributed by atoms with Crippen molar-refractivity contribution < 1.29 is 14.6 Å². The van der Waals surface area contributed by atoms with Gasteiger partial charge in [-0.3, -0.25) is 0 Å². The van der Waals surface area contributed by atoms with Gasteiger partial charge in [0.2, 0.25) is 5.60 Å². The first kappa shape index (κ1) is 17.9. The second kappa shape index (κ2) is 7.54. The molecule has 0 spiro atoms. The molecule has 0 radical (unpaired) electrons. The Morgan fingerprint density at radius 2 is 2.04 bits per heavy atom. The summed E-state index contributed by atoms with van der Waals surface area (Å²) in [5.74, 6) is -0.614. The number of ether oxygens (including phenoxy) is 1. The van der Waals surface area contributed by atoms with Crippen LogP contribution in [0.15, 0.2) is 29.6 Å². The van der Waals surface area contributed by atoms with Crippen molar-refractivity contribution in [2.75, 3.05) is 7.05 Å². The molecular formula is C17H20ClNO3S2. The SMILES string of the molecule is CNC1CCC(OC(=O)[C@@](O)(c2cccs2)c2ccc(Cl)s2)CC1. The number of hydrogen-bond acceptors (Lipinski definition) is 6. The van der Waals surface area contributed by atoms with Crippen LogP contribution in [0.5, 0.6) is 0 Å². The molecule has 2 N–H and O–H groups in total. The molecule has 1 saturated carbocycles. The number of hydrogen-bond donors (Lipinski definition) is 2. The van der Waals surface area contributed by atoms with Crippen LogP contribution < -0.4 is 5.32 Å². The minimum Gasteiger partial charge on any atom is -0.460 e. The molecule has 0 aliphatic heterocycles. The third kappa shape index (κ3) is 3.53. The Balaban J connectivity index is 1.80. The molecule has 0 amide bonds. The smallest absolute Gasteiger partial charge is 0.349 e. The van der Waals surface area contributed by atoms with E-state index >= 15 is 0 Å². The Morgan fingerprint density at radius 3 is 2.58 bits per heavy atom. The van der Waals surface area contributed by atoms with Crippen molar-refractivity contribution >= 4 is 40.2 Å². The van der Waals surface area contributed by atoms with Gasteiger partial charge in [-0.25, -0.2) is 4.79 Å². The maximum Gasteiger partial charge on any atom is 0.349 e. The quantitative estimate of drug-likeness (QED) is 0.769. The molecule has 0 bridgehead atoms. The van der Waals surface area contributed by atoms with Gasteiger partial charge in [-0.05, 0) is 56.3 Å². The van der Waals surface area contributed by atoms with Gasteiger partial charge in [0.25, 0.3) is 0 Å². The summed E-state index contributed by atoms with van der Waals surface area (Å²) in [5.41, 5.74) is -1.79. The molecule has 2 aromatic rings. The molecular weight excluding hydrogens is 366 g/mol. The van der Waals surface area contributed by atoms with Gasteiger partial charge in [0.05, 0.1) is 14.1 Å². The summed E-state index contributed by atoms with van der Waals surface area (Å²) in [6.07, 6.45) is 3.41. The van der Waals surface area contributed by atoms with Crippen LogP contribution in [0.2, 0.25) is 4.34 Å². The minimum atomic E-state index is -1.79. The Kier molecular flexibility index (Phi) is 5.62. The maximum absolute atomic E-state index is 12.9. The zero-order chi connectivity index (χ0) is 17.2. The van der Waals surface area contributed by atoms with Crippen LogP contribution in [-0.4, -0.2) is 30.3 Å². The fourth-order valence-electron chi connectivity index (χ4n) is 3.02. The van der Waals surface area contributed by atoms with E-state index in [2.05, 4.69) is 5.32 Å². The number of carbonyl (C=O) groups excluding carboxylic acids is 1. The molecule has 130 valence electrons. The lowest BCUT2D eigenvalue weighted by molar-refractivity contribution is -0.169. The van der Waals surface area contributed by atoms with Crippen LogP contribution in [0, 0.1) is 0 Å². The molecule has 1 aliphatic carbocycles. The van der Waals surface area contributed by atoms with Crippen molar-refractivity contribution in [1.29, 1.82) is 0 Å². The van der Waals surface area contributed by atoms with Gasteiger partial charge in [0, 0.05) is 6.04 Å². The summed E-state index contributed by atoms with van der Waals surface area (Å²) in [6, 6.07) is 7.41. The van der Waals surface area contributed by atoms with Crippen molar-refractivity contribution in [2.24, 2.45) is 0 Å². The molecule has 7 heteroatoms. The van der Waals surface area contributed by atoms with Crippen LogP contribution in [0.1, 0.15) is 35.4 Å². The lowest BCUT2D eigenvalue weighted by Crippen LogP contribution is -2.41. The van der Waals surface area contributed by atoms with Gasteiger partial charge in [-0.2, -0.15) is 0 Å². The summed E-state index contributed by atoms with van der Waals surface area (Å²) in [7, 11) is 1.95. The van der Waals surface area contributed by atoms with Crippen molar-refractivity contribution in [3.63, 3.8) is 0 Å². The molecule has 0 saturated heterocycles. The largest absolute Gasteiger partial charge is 0.460 e. The second-order valence-corrected chi connectivity index (χ2v) is 8.62. The molecule has 24 heavy (non-hydrogen) atoms. The van der Waals surface area contributed by atoms with Crippen LogP contribution >= 0.6 is 34.3 Å². The topological polar surface area (TPSA) is 58.6 Å². The summed E-state index contributed by atoms with van der Waals surface area (Å²) in [6.45, 7) is 0. The number of esters is 1. The van der Waals surface area contributed by atoms with E-state index in [1.165, 1.54) is 22.7 Å². The Hall–Kier alpha value is -0.920. The summed E-state index contributed by atoms with van der Waals surface area (Å²) >= 11 is 8.54. The normalized spacial score (nSPS) is 23.6. The van der Waals surface area contributed by atoms with Crippen molar-refractivity contribution in [1.82, 2.24) is 5.32 Å². The van der Waals surface area contributed by atoms with Crippen LogP contribution in [0.25, 0.3) is 0 Å². The van der Waals surface area contributed by atoms with E-state index in [0.717, 1.165) is 25.7 Å². The Labute approximate surface area is 154 Å². The van der Waals surface area contributed by atoms with E-state index in [1.807, 2.05) is 18.5 Å². The number of carbonyl (C=O) groups is 1. The molecule has 1 fully saturated rings. The van der Waals surface area contributed by atoms with E-state index in [0.29, 0.717) is 20.1 Å². The summed E-state index contributed by atoms with van der Waals surface area (Å²) < 4.78 is 6.22. The van der Waals surface area contributed by atoms with E-state index in [4.69, 9.17) is 16.3 Å². The first-order valence-corrected chi connectivity index (χ1v) is 10.0. The van der Waals surface area contributed by atoms with Gasteiger partial charge >= 0.3 is 5.97 Å². The number of nitrogens with one attached hydrogen (secondary N) is 1. The van der Waals surface area contributed by atoms with E-state index in [1.54, 1.807) is 18.2 Å². The third-order valence-electron chi connectivity index (χ3n) is 4.46. The lowest BCUT2D eigenvalue weighted by atomic mass is 9.92. The van der Waals surface area contributed by atoms with Crippen LogP contribution in [0.4, 0.5) is 0 Å². The zero-order valence-electron chi connectivity index (χ0n) is 13.3. The predicted octanol–water partition coefficient (Wildman–Crippen LogP) is 3.77. The number of aliphatic hydroxyl groups is 1. The first-order chi connectivity index (χ1) is 11.5. The maximum atomic E-state index is 12.9. The van der Waals surface area contributed by atoms with Crippen molar-refractivity contribution in [3.8, 4) is 0 Å². The zero-order valence-corrected chi connectivity index (χ0v) is 15.7. The molecule has 0 unspecified atom stereocenters. The lowest BCUT2D eigenvalue weighted by Gasteiger charge is -2.31. The number of halogens is 1. The van der Waals surface area contributed by atoms with Gasteiger partial charge in [-0.1, -0.05) is 17.7 Å². The van der Waals surface area contributed by atoms with Crippen LogP contribution in [-0.2, 0) is 15.1 Å². The van der Waals surface area contributed by atoms with Gasteiger partial charge in [0.15, 0.2) is 0 Å². The standard InChI is InChI=1S/C17H20ClNO3S2/c1-19-11-4-6-12(7-5-11)22-16(20)17(21,13-3-2-10-23-13)14-8-9-15(18)24-14/h2-3,8-12,19,21H,4-7H2,1H3/t11?,12?,17-/m1/s1. The molecule has 0 aromatic carbocycles. The van der Waals surface area contributed by atoms with E-state index < -0.39 is 11.6 Å². The number of thiophene rings is 2. The highest BCUT2D eigenvalue weighted by Gasteiger charge is 2.45. The highest BCUT2D eigenvalue weighted by atomic mass is 35.5. The monoisotopic (exact) mass is 385 g/mol. The fraction of sp³-hybridized carbons (Fsp3) is 0.471. The molecule has 1 atom stereocenters. The van der Waals surface area contributed by atoms with Crippen LogP contribution in [0.3, 0.4) is 0 Å². The second-order valence-electron chi connectivity index (χ2n) is 5.96. The highest BCUT2D eigenvalue weighted by molar-refractivity contribution is 7.16. The van der Waals surface area contributed by atoms with Crippen molar-refractivity contribution in [3.05, 3.63) is 43.7 Å². The molecule has 3 rings (SSSR count). The number of rotatable bonds is 5. The average Bonchev–Trinajstić information content (AvgIpc) is 3.26. The van der Waals surface area contributed by atoms with Gasteiger partial charge in [-0.15, -0.1) is 22.7 Å². The molecule has 1 aliphatic rings. The molecule has 4 nitrogen and oxygen atoms in total.